The molecule has 0 bridgehead atoms. The lowest BCUT2D eigenvalue weighted by Crippen LogP contribution is -2.15. The van der Waals surface area contributed by atoms with Gasteiger partial charge in [-0.25, -0.2) is 4.98 Å². The van der Waals surface area contributed by atoms with Crippen LogP contribution in [-0.2, 0) is 5.41 Å². The van der Waals surface area contributed by atoms with Crippen LogP contribution < -0.4 is 0 Å². The van der Waals surface area contributed by atoms with E-state index in [1.54, 1.807) is 0 Å². The highest BCUT2D eigenvalue weighted by molar-refractivity contribution is 5.84. The van der Waals surface area contributed by atoms with Crippen LogP contribution in [0.3, 0.4) is 0 Å². The Balaban J connectivity index is 1.51. The van der Waals surface area contributed by atoms with Crippen LogP contribution in [0.25, 0.3) is 44.8 Å². The molecule has 1 heterocycles. The standard InChI is InChI=1S/C35H31N/c1-23(2)26-15-17-29-30-18-16-27(20-32(30)35(3,4)31(29)19-26)34-22-28(24-11-7-5-8-12-24)21-33(36-34)25-13-9-6-10-14-25/h5-23H,1-4H3. The molecule has 5 aromatic rings. The lowest BCUT2D eigenvalue weighted by Gasteiger charge is -2.23. The van der Waals surface area contributed by atoms with Crippen LogP contribution in [0.1, 0.15) is 50.3 Å². The van der Waals surface area contributed by atoms with E-state index < -0.39 is 0 Å². The average molecular weight is 466 g/mol. The molecule has 1 aromatic heterocycles. The SMILES string of the molecule is CC(C)c1ccc2c(c1)C(C)(C)c1cc(-c3cc(-c4ccccc4)cc(-c4ccccc4)n3)ccc1-2. The Kier molecular flexibility index (Phi) is 5.38. The smallest absolute Gasteiger partial charge is 0.0715 e. The topological polar surface area (TPSA) is 12.9 Å². The van der Waals surface area contributed by atoms with Crippen LogP contribution in [-0.4, -0.2) is 4.98 Å². The van der Waals surface area contributed by atoms with Gasteiger partial charge in [0.2, 0.25) is 0 Å². The minimum absolute atomic E-state index is 0.0507. The molecular weight excluding hydrogens is 434 g/mol. The predicted octanol–water partition coefficient (Wildman–Crippen LogP) is 9.51. The number of nitrogens with zero attached hydrogens (tertiary/aromatic N) is 1. The van der Waals surface area contributed by atoms with E-state index in [9.17, 15) is 0 Å². The molecule has 0 amide bonds. The highest BCUT2D eigenvalue weighted by atomic mass is 14.7. The second-order valence-electron chi connectivity index (χ2n) is 10.7. The van der Waals surface area contributed by atoms with E-state index in [0.29, 0.717) is 5.92 Å². The molecule has 4 aromatic carbocycles. The van der Waals surface area contributed by atoms with Gasteiger partial charge in [0.25, 0.3) is 0 Å². The number of benzene rings is 4. The molecule has 1 heteroatoms. The summed E-state index contributed by atoms with van der Waals surface area (Å²) in [6, 6.07) is 39.4. The van der Waals surface area contributed by atoms with Crippen molar-refractivity contribution in [2.45, 2.75) is 39.0 Å². The number of hydrogen-bond donors (Lipinski definition) is 0. The molecule has 0 spiro atoms. The summed E-state index contributed by atoms with van der Waals surface area (Å²) < 4.78 is 0. The molecule has 6 rings (SSSR count). The Morgan fingerprint density at radius 1 is 0.528 bits per heavy atom. The number of aromatic nitrogens is 1. The summed E-state index contributed by atoms with van der Waals surface area (Å²) in [5.41, 5.74) is 13.5. The van der Waals surface area contributed by atoms with Crippen molar-refractivity contribution in [1.29, 1.82) is 0 Å². The van der Waals surface area contributed by atoms with E-state index in [1.165, 1.54) is 38.9 Å². The van der Waals surface area contributed by atoms with Crippen molar-refractivity contribution < 1.29 is 0 Å². The highest BCUT2D eigenvalue weighted by Gasteiger charge is 2.36. The summed E-state index contributed by atoms with van der Waals surface area (Å²) in [7, 11) is 0. The highest BCUT2D eigenvalue weighted by Crippen LogP contribution is 2.50. The van der Waals surface area contributed by atoms with Gasteiger partial charge in [-0.05, 0) is 63.1 Å². The fraction of sp³-hybridized carbons (Fsp3) is 0.171. The van der Waals surface area contributed by atoms with E-state index in [0.717, 1.165) is 22.5 Å². The summed E-state index contributed by atoms with van der Waals surface area (Å²) in [4.78, 5) is 5.16. The Hall–Kier alpha value is -3.97. The quantitative estimate of drug-likeness (QED) is 0.257. The van der Waals surface area contributed by atoms with Gasteiger partial charge in [-0.3, -0.25) is 0 Å². The number of fused-ring (bicyclic) bond motifs is 3. The van der Waals surface area contributed by atoms with Crippen LogP contribution >= 0.6 is 0 Å². The molecule has 0 fully saturated rings. The van der Waals surface area contributed by atoms with Gasteiger partial charge in [0.05, 0.1) is 11.4 Å². The maximum Gasteiger partial charge on any atom is 0.0715 e. The first-order valence-corrected chi connectivity index (χ1v) is 12.8. The van der Waals surface area contributed by atoms with Gasteiger partial charge in [-0.15, -0.1) is 0 Å². The summed E-state index contributed by atoms with van der Waals surface area (Å²) in [6.45, 7) is 9.25. The molecule has 0 radical (unpaired) electrons. The largest absolute Gasteiger partial charge is 0.248 e. The first kappa shape index (κ1) is 22.5. The molecule has 0 unspecified atom stereocenters. The Morgan fingerprint density at radius 2 is 1.08 bits per heavy atom. The molecular formula is C35H31N. The monoisotopic (exact) mass is 465 g/mol. The second kappa shape index (κ2) is 8.60. The van der Waals surface area contributed by atoms with E-state index in [-0.39, 0.29) is 5.41 Å². The fourth-order valence-electron chi connectivity index (χ4n) is 5.51. The third-order valence-corrected chi connectivity index (χ3v) is 7.66. The Labute approximate surface area is 214 Å². The molecule has 36 heavy (non-hydrogen) atoms. The van der Waals surface area contributed by atoms with Crippen molar-refractivity contribution in [2.24, 2.45) is 0 Å². The fourth-order valence-corrected chi connectivity index (χ4v) is 5.51. The summed E-state index contributed by atoms with van der Waals surface area (Å²) >= 11 is 0. The Bertz CT molecular complexity index is 1500. The number of rotatable bonds is 4. The Morgan fingerprint density at radius 3 is 1.72 bits per heavy atom. The van der Waals surface area contributed by atoms with Crippen molar-refractivity contribution in [3.63, 3.8) is 0 Å². The number of hydrogen-bond acceptors (Lipinski definition) is 1. The van der Waals surface area contributed by atoms with Gasteiger partial charge in [0, 0.05) is 16.5 Å². The predicted molar refractivity (Wildman–Crippen MR) is 152 cm³/mol. The summed E-state index contributed by atoms with van der Waals surface area (Å²) in [6.07, 6.45) is 0. The van der Waals surface area contributed by atoms with Crippen molar-refractivity contribution in [2.75, 3.05) is 0 Å². The zero-order chi connectivity index (χ0) is 24.9. The van der Waals surface area contributed by atoms with Gasteiger partial charge in [-0.2, -0.15) is 0 Å². The minimum atomic E-state index is -0.0507. The lowest BCUT2D eigenvalue weighted by molar-refractivity contribution is 0.658. The van der Waals surface area contributed by atoms with Crippen LogP contribution in [0.2, 0.25) is 0 Å². The molecule has 176 valence electrons. The molecule has 0 N–H and O–H groups in total. The molecule has 1 nitrogen and oxygen atoms in total. The molecule has 0 aliphatic heterocycles. The van der Waals surface area contributed by atoms with Gasteiger partial charge >= 0.3 is 0 Å². The molecule has 0 saturated heterocycles. The lowest BCUT2D eigenvalue weighted by atomic mass is 9.80. The maximum absolute atomic E-state index is 5.16. The maximum atomic E-state index is 5.16. The van der Waals surface area contributed by atoms with Crippen molar-refractivity contribution in [3.8, 4) is 44.8 Å². The first-order chi connectivity index (χ1) is 17.4. The van der Waals surface area contributed by atoms with Crippen LogP contribution in [0.5, 0.6) is 0 Å². The minimum Gasteiger partial charge on any atom is -0.248 e. The van der Waals surface area contributed by atoms with Gasteiger partial charge in [-0.1, -0.05) is 119 Å². The van der Waals surface area contributed by atoms with E-state index in [2.05, 4.69) is 137 Å². The number of pyridine rings is 1. The van der Waals surface area contributed by atoms with Crippen LogP contribution in [0.15, 0.2) is 109 Å². The van der Waals surface area contributed by atoms with Gasteiger partial charge in [0.1, 0.15) is 0 Å². The molecule has 0 atom stereocenters. The second-order valence-corrected chi connectivity index (χ2v) is 10.7. The third-order valence-electron chi connectivity index (χ3n) is 7.66. The van der Waals surface area contributed by atoms with Gasteiger partial charge in [0.15, 0.2) is 0 Å². The van der Waals surface area contributed by atoms with Crippen molar-refractivity contribution >= 4 is 0 Å². The van der Waals surface area contributed by atoms with Gasteiger partial charge < -0.3 is 0 Å². The summed E-state index contributed by atoms with van der Waals surface area (Å²) in [5, 5.41) is 0. The first-order valence-electron chi connectivity index (χ1n) is 12.8. The van der Waals surface area contributed by atoms with Crippen molar-refractivity contribution in [3.05, 3.63) is 126 Å². The van der Waals surface area contributed by atoms with E-state index >= 15 is 0 Å². The van der Waals surface area contributed by atoms with E-state index in [1.807, 2.05) is 0 Å². The third kappa shape index (κ3) is 3.76. The van der Waals surface area contributed by atoms with E-state index in [4.69, 9.17) is 4.98 Å². The normalized spacial score (nSPS) is 13.5. The average Bonchev–Trinajstić information content (AvgIpc) is 3.15. The zero-order valence-electron chi connectivity index (χ0n) is 21.4. The van der Waals surface area contributed by atoms with Crippen LogP contribution in [0, 0.1) is 0 Å². The molecule has 0 saturated carbocycles. The summed E-state index contributed by atoms with van der Waals surface area (Å²) in [5.74, 6) is 0.520. The van der Waals surface area contributed by atoms with Crippen molar-refractivity contribution in [1.82, 2.24) is 4.98 Å². The van der Waals surface area contributed by atoms with Crippen LogP contribution in [0.4, 0.5) is 0 Å². The zero-order valence-corrected chi connectivity index (χ0v) is 21.4. The molecule has 1 aliphatic carbocycles. The molecule has 1 aliphatic rings.